The molecule has 54 heavy (non-hydrogen) atoms. The van der Waals surface area contributed by atoms with Gasteiger partial charge < -0.3 is 8.98 Å². The molecule has 8 aromatic carbocycles. The van der Waals surface area contributed by atoms with E-state index in [1.807, 2.05) is 24.3 Å². The van der Waals surface area contributed by atoms with Crippen LogP contribution < -0.4 is 0 Å². The maximum Gasteiger partial charge on any atom is 0.180 e. The first kappa shape index (κ1) is 30.3. The highest BCUT2D eigenvalue weighted by molar-refractivity contribution is 6.12. The molecule has 0 spiro atoms. The van der Waals surface area contributed by atoms with Crippen LogP contribution in [0, 0.1) is 0 Å². The van der Waals surface area contributed by atoms with E-state index in [2.05, 4.69) is 168 Å². The van der Waals surface area contributed by atoms with Crippen LogP contribution in [0.4, 0.5) is 0 Å². The number of hydrogen-bond acceptors (Lipinski definition) is 3. The number of hydrogen-bond donors (Lipinski definition) is 0. The van der Waals surface area contributed by atoms with Gasteiger partial charge in [0.2, 0.25) is 0 Å². The number of fused-ring (bicyclic) bond motifs is 7. The Kier molecular flexibility index (Phi) is 6.82. The summed E-state index contributed by atoms with van der Waals surface area (Å²) in [6.45, 7) is 0. The molecule has 4 heteroatoms. The number of furan rings is 1. The Morgan fingerprint density at radius 2 is 0.963 bits per heavy atom. The zero-order chi connectivity index (χ0) is 35.6. The van der Waals surface area contributed by atoms with Gasteiger partial charge in [0.15, 0.2) is 11.4 Å². The van der Waals surface area contributed by atoms with Crippen LogP contribution in [0.15, 0.2) is 192 Å². The molecule has 0 fully saturated rings. The van der Waals surface area contributed by atoms with Crippen molar-refractivity contribution in [3.05, 3.63) is 188 Å². The van der Waals surface area contributed by atoms with E-state index < -0.39 is 0 Å². The van der Waals surface area contributed by atoms with E-state index in [9.17, 15) is 0 Å². The van der Waals surface area contributed by atoms with Crippen LogP contribution in [-0.4, -0.2) is 14.5 Å². The van der Waals surface area contributed by atoms with E-state index in [4.69, 9.17) is 14.4 Å². The zero-order valence-corrected chi connectivity index (χ0v) is 29.1. The summed E-state index contributed by atoms with van der Waals surface area (Å²) in [4.78, 5) is 10.4. The van der Waals surface area contributed by atoms with Crippen LogP contribution in [0.2, 0.25) is 0 Å². The van der Waals surface area contributed by atoms with Gasteiger partial charge in [-0.15, -0.1) is 0 Å². The van der Waals surface area contributed by atoms with Crippen LogP contribution in [-0.2, 0) is 0 Å². The van der Waals surface area contributed by atoms with Gasteiger partial charge in [0, 0.05) is 38.5 Å². The maximum absolute atomic E-state index is 6.89. The molecule has 3 aromatic heterocycles. The molecule has 0 radical (unpaired) electrons. The van der Waals surface area contributed by atoms with E-state index in [1.165, 1.54) is 38.3 Å². The second kappa shape index (κ2) is 12.1. The summed E-state index contributed by atoms with van der Waals surface area (Å²) in [6, 6.07) is 66.2. The van der Waals surface area contributed by atoms with Crippen molar-refractivity contribution in [2.45, 2.75) is 0 Å². The second-order valence-electron chi connectivity index (χ2n) is 13.8. The van der Waals surface area contributed by atoms with Crippen molar-refractivity contribution in [3.63, 3.8) is 0 Å². The van der Waals surface area contributed by atoms with Crippen LogP contribution in [0.3, 0.4) is 0 Å². The average molecular weight is 690 g/mol. The molecule has 0 bridgehead atoms. The molecule has 0 unspecified atom stereocenters. The summed E-state index contributed by atoms with van der Waals surface area (Å²) >= 11 is 0. The summed E-state index contributed by atoms with van der Waals surface area (Å²) in [7, 11) is 0. The van der Waals surface area contributed by atoms with Crippen LogP contribution in [0.5, 0.6) is 0 Å². The Morgan fingerprint density at radius 3 is 1.67 bits per heavy atom. The predicted molar refractivity (Wildman–Crippen MR) is 223 cm³/mol. The SMILES string of the molecule is c1ccc(-c2ccc3cc(-c4nc(-c5ccccc5)nc5c4oc4c(-c6ccc(-n7c8ccccc8c8ccccc87)cc6)cccc45)ccc3c2)cc1. The van der Waals surface area contributed by atoms with Crippen molar-refractivity contribution >= 4 is 54.6 Å². The Labute approximate surface area is 311 Å². The highest BCUT2D eigenvalue weighted by Gasteiger charge is 2.21. The number of nitrogens with zero attached hydrogens (tertiary/aromatic N) is 3. The summed E-state index contributed by atoms with van der Waals surface area (Å²) in [6.07, 6.45) is 0. The number of para-hydroxylation sites is 3. The minimum absolute atomic E-state index is 0.668. The molecule has 0 aliphatic carbocycles. The lowest BCUT2D eigenvalue weighted by Gasteiger charge is -2.09. The van der Waals surface area contributed by atoms with Gasteiger partial charge in [-0.2, -0.15) is 0 Å². The Balaban J connectivity index is 1.07. The van der Waals surface area contributed by atoms with Crippen molar-refractivity contribution in [3.8, 4) is 50.6 Å². The van der Waals surface area contributed by atoms with Crippen molar-refractivity contribution in [1.29, 1.82) is 0 Å². The molecule has 0 saturated carbocycles. The summed E-state index contributed by atoms with van der Waals surface area (Å²) < 4.78 is 9.23. The van der Waals surface area contributed by atoms with Gasteiger partial charge in [-0.3, -0.25) is 0 Å². The lowest BCUT2D eigenvalue weighted by Crippen LogP contribution is -1.94. The van der Waals surface area contributed by atoms with E-state index in [-0.39, 0.29) is 0 Å². The van der Waals surface area contributed by atoms with E-state index in [1.54, 1.807) is 0 Å². The highest BCUT2D eigenvalue weighted by atomic mass is 16.3. The fourth-order valence-electron chi connectivity index (χ4n) is 8.00. The standard InChI is InChI=1S/C50H31N3O/c1-3-12-32(13-4-1)35-22-23-37-31-38(25-24-36(37)30-35)46-49-47(52-50(51-46)34-14-5-2-6-15-34)43-19-11-18-40(48(43)54-49)33-26-28-39(29-27-33)53-44-20-9-7-16-41(44)42-17-8-10-21-45(42)53/h1-31H. The second-order valence-corrected chi connectivity index (χ2v) is 13.8. The van der Waals surface area contributed by atoms with Gasteiger partial charge in [-0.25, -0.2) is 9.97 Å². The summed E-state index contributed by atoms with van der Waals surface area (Å²) in [5.41, 5.74) is 13.0. The van der Waals surface area contributed by atoms with Gasteiger partial charge in [0.25, 0.3) is 0 Å². The van der Waals surface area contributed by atoms with Crippen molar-refractivity contribution in [1.82, 2.24) is 14.5 Å². The minimum Gasteiger partial charge on any atom is -0.451 e. The van der Waals surface area contributed by atoms with E-state index in [0.717, 1.165) is 55.5 Å². The molecular weight excluding hydrogens is 659 g/mol. The van der Waals surface area contributed by atoms with Crippen molar-refractivity contribution in [2.24, 2.45) is 0 Å². The van der Waals surface area contributed by atoms with E-state index >= 15 is 0 Å². The number of aromatic nitrogens is 3. The largest absolute Gasteiger partial charge is 0.451 e. The molecule has 0 amide bonds. The smallest absolute Gasteiger partial charge is 0.180 e. The van der Waals surface area contributed by atoms with Gasteiger partial charge in [0.1, 0.15) is 16.8 Å². The van der Waals surface area contributed by atoms with Crippen molar-refractivity contribution < 1.29 is 4.42 Å². The van der Waals surface area contributed by atoms with Gasteiger partial charge in [-0.1, -0.05) is 146 Å². The van der Waals surface area contributed by atoms with Crippen molar-refractivity contribution in [2.75, 3.05) is 0 Å². The normalized spacial score (nSPS) is 11.7. The minimum atomic E-state index is 0.668. The summed E-state index contributed by atoms with van der Waals surface area (Å²) in [5.74, 6) is 0.668. The predicted octanol–water partition coefficient (Wildman–Crippen LogP) is 13.3. The molecule has 0 aliphatic heterocycles. The first-order valence-electron chi connectivity index (χ1n) is 18.2. The molecule has 0 N–H and O–H groups in total. The lowest BCUT2D eigenvalue weighted by atomic mass is 9.99. The number of benzene rings is 8. The molecule has 4 nitrogen and oxygen atoms in total. The monoisotopic (exact) mass is 689 g/mol. The first-order valence-corrected chi connectivity index (χ1v) is 18.2. The quantitative estimate of drug-likeness (QED) is 0.181. The number of rotatable bonds is 5. The fraction of sp³-hybridized carbons (Fsp3) is 0. The third-order valence-electron chi connectivity index (χ3n) is 10.6. The third kappa shape index (κ3) is 4.85. The fourth-order valence-corrected chi connectivity index (χ4v) is 8.00. The van der Waals surface area contributed by atoms with Crippen LogP contribution >= 0.6 is 0 Å². The zero-order valence-electron chi connectivity index (χ0n) is 29.1. The third-order valence-corrected chi connectivity index (χ3v) is 10.6. The van der Waals surface area contributed by atoms with Crippen LogP contribution in [0.1, 0.15) is 0 Å². The highest BCUT2D eigenvalue weighted by Crippen LogP contribution is 2.41. The molecule has 11 rings (SSSR count). The molecule has 0 saturated heterocycles. The molecule has 0 atom stereocenters. The topological polar surface area (TPSA) is 43.9 Å². The lowest BCUT2D eigenvalue weighted by molar-refractivity contribution is 0.668. The van der Waals surface area contributed by atoms with Crippen LogP contribution in [0.25, 0.3) is 105 Å². The molecule has 252 valence electrons. The molecule has 0 aliphatic rings. The van der Waals surface area contributed by atoms with Gasteiger partial charge in [0.05, 0.1) is 11.0 Å². The first-order chi connectivity index (χ1) is 26.8. The van der Waals surface area contributed by atoms with E-state index in [0.29, 0.717) is 11.4 Å². The van der Waals surface area contributed by atoms with Gasteiger partial charge >= 0.3 is 0 Å². The maximum atomic E-state index is 6.89. The Hall–Kier alpha value is -7.30. The summed E-state index contributed by atoms with van der Waals surface area (Å²) in [5, 5.41) is 5.77. The molecular formula is C50H31N3O. The average Bonchev–Trinajstić information content (AvgIpc) is 3.80. The van der Waals surface area contributed by atoms with Gasteiger partial charge in [-0.05, 0) is 69.9 Å². The Morgan fingerprint density at radius 1 is 0.389 bits per heavy atom. The Bertz CT molecular complexity index is 3140. The molecule has 11 aromatic rings. The molecule has 3 heterocycles.